The molecule has 0 spiro atoms. The van der Waals surface area contributed by atoms with Gasteiger partial charge in [0.05, 0.1) is 5.41 Å². The normalized spacial score (nSPS) is 24.3. The Bertz CT molecular complexity index is 308. The number of nitrogens with one attached hydrogen (secondary N) is 2. The van der Waals surface area contributed by atoms with E-state index in [9.17, 15) is 9.59 Å². The first-order valence-electron chi connectivity index (χ1n) is 5.77. The monoisotopic (exact) mass is 226 g/mol. The first-order chi connectivity index (χ1) is 7.55. The Kier molecular flexibility index (Phi) is 2.88. The van der Waals surface area contributed by atoms with Crippen LogP contribution < -0.4 is 10.6 Å². The van der Waals surface area contributed by atoms with Crippen molar-refractivity contribution in [3.05, 3.63) is 0 Å². The van der Waals surface area contributed by atoms with Crippen molar-refractivity contribution < 1.29 is 14.7 Å². The number of carboxylic acids is 1. The molecule has 3 N–H and O–H groups in total. The minimum Gasteiger partial charge on any atom is -0.481 e. The third kappa shape index (κ3) is 2.04. The topological polar surface area (TPSA) is 78.4 Å². The quantitative estimate of drug-likeness (QED) is 0.608. The Morgan fingerprint density at radius 2 is 2.12 bits per heavy atom. The van der Waals surface area contributed by atoms with Gasteiger partial charge in [0, 0.05) is 12.5 Å². The van der Waals surface area contributed by atoms with Gasteiger partial charge in [-0.3, -0.25) is 9.59 Å². The number of hydrogen-bond acceptors (Lipinski definition) is 3. The Morgan fingerprint density at radius 1 is 1.50 bits per heavy atom. The van der Waals surface area contributed by atoms with E-state index in [4.69, 9.17) is 5.11 Å². The largest absolute Gasteiger partial charge is 0.481 e. The summed E-state index contributed by atoms with van der Waals surface area (Å²) < 4.78 is 0. The standard InChI is InChI=1S/C11H18N2O3/c1-7(8-4-12-5-8)9(14)13-6-11(2-3-11)10(15)16/h7-8,12H,2-6H2,1H3,(H,13,14)(H,15,16). The van der Waals surface area contributed by atoms with Crippen LogP contribution in [0.15, 0.2) is 0 Å². The van der Waals surface area contributed by atoms with E-state index in [2.05, 4.69) is 10.6 Å². The van der Waals surface area contributed by atoms with Gasteiger partial charge in [0.15, 0.2) is 0 Å². The van der Waals surface area contributed by atoms with E-state index < -0.39 is 11.4 Å². The maximum Gasteiger partial charge on any atom is 0.311 e. The second-order valence-electron chi connectivity index (χ2n) is 5.01. The van der Waals surface area contributed by atoms with Crippen LogP contribution in [0, 0.1) is 17.3 Å². The highest BCUT2D eigenvalue weighted by Gasteiger charge is 2.50. The molecule has 1 saturated heterocycles. The molecule has 1 aliphatic carbocycles. The lowest BCUT2D eigenvalue weighted by Gasteiger charge is -2.31. The molecule has 5 nitrogen and oxygen atoms in total. The molecule has 2 aliphatic rings. The molecule has 1 unspecified atom stereocenters. The SMILES string of the molecule is CC(C(=O)NCC1(C(=O)O)CC1)C1CNC1. The smallest absolute Gasteiger partial charge is 0.311 e. The van der Waals surface area contributed by atoms with Crippen LogP contribution >= 0.6 is 0 Å². The summed E-state index contributed by atoms with van der Waals surface area (Å²) in [6, 6.07) is 0. The lowest BCUT2D eigenvalue weighted by Crippen LogP contribution is -2.50. The van der Waals surface area contributed by atoms with Gasteiger partial charge in [-0.1, -0.05) is 6.92 Å². The number of carboxylic acid groups (broad SMARTS) is 1. The van der Waals surface area contributed by atoms with Crippen LogP contribution in [0.4, 0.5) is 0 Å². The summed E-state index contributed by atoms with van der Waals surface area (Å²) >= 11 is 0. The number of aliphatic carboxylic acids is 1. The van der Waals surface area contributed by atoms with E-state index in [0.717, 1.165) is 13.1 Å². The Labute approximate surface area is 94.6 Å². The van der Waals surface area contributed by atoms with E-state index in [1.54, 1.807) is 0 Å². The minimum atomic E-state index is -0.786. The summed E-state index contributed by atoms with van der Waals surface area (Å²) in [6.45, 7) is 3.96. The van der Waals surface area contributed by atoms with E-state index >= 15 is 0 Å². The number of carbonyl (C=O) groups excluding carboxylic acids is 1. The van der Waals surface area contributed by atoms with Gasteiger partial charge in [0.1, 0.15) is 0 Å². The van der Waals surface area contributed by atoms with Gasteiger partial charge in [-0.15, -0.1) is 0 Å². The van der Waals surface area contributed by atoms with Crippen LogP contribution in [0.2, 0.25) is 0 Å². The summed E-state index contributed by atoms with van der Waals surface area (Å²) in [5.41, 5.74) is -0.659. The molecule has 1 heterocycles. The summed E-state index contributed by atoms with van der Waals surface area (Å²) in [4.78, 5) is 22.6. The molecule has 1 aliphatic heterocycles. The zero-order valence-corrected chi connectivity index (χ0v) is 9.45. The van der Waals surface area contributed by atoms with Crippen LogP contribution in [0.5, 0.6) is 0 Å². The molecule has 0 bridgehead atoms. The van der Waals surface area contributed by atoms with Crippen LogP contribution in [0.25, 0.3) is 0 Å². The molecule has 2 rings (SSSR count). The molecule has 2 fully saturated rings. The molecule has 1 amide bonds. The zero-order chi connectivity index (χ0) is 11.8. The van der Waals surface area contributed by atoms with Crippen LogP contribution in [0.3, 0.4) is 0 Å². The van der Waals surface area contributed by atoms with Crippen molar-refractivity contribution in [2.24, 2.45) is 17.3 Å². The second-order valence-corrected chi connectivity index (χ2v) is 5.01. The molecule has 0 radical (unpaired) electrons. The van der Waals surface area contributed by atoms with Crippen molar-refractivity contribution in [1.82, 2.24) is 10.6 Å². The summed E-state index contributed by atoms with van der Waals surface area (Å²) in [6.07, 6.45) is 1.37. The first-order valence-corrected chi connectivity index (χ1v) is 5.77. The Morgan fingerprint density at radius 3 is 2.50 bits per heavy atom. The molecular weight excluding hydrogens is 208 g/mol. The van der Waals surface area contributed by atoms with Gasteiger partial charge in [-0.05, 0) is 31.8 Å². The van der Waals surface area contributed by atoms with E-state index in [1.165, 1.54) is 0 Å². The van der Waals surface area contributed by atoms with Gasteiger partial charge in [-0.2, -0.15) is 0 Å². The maximum absolute atomic E-state index is 11.7. The highest BCUT2D eigenvalue weighted by atomic mass is 16.4. The summed E-state index contributed by atoms with van der Waals surface area (Å²) in [5.74, 6) is -0.421. The fourth-order valence-corrected chi connectivity index (χ4v) is 1.91. The summed E-state index contributed by atoms with van der Waals surface area (Å²) in [5, 5.41) is 14.9. The maximum atomic E-state index is 11.7. The van der Waals surface area contributed by atoms with Crippen LogP contribution in [-0.2, 0) is 9.59 Å². The Hall–Kier alpha value is -1.10. The molecule has 0 aromatic rings. The predicted octanol–water partition coefficient (Wildman–Crippen LogP) is -0.177. The molecular formula is C11H18N2O3. The summed E-state index contributed by atoms with van der Waals surface area (Å²) in [7, 11) is 0. The fourth-order valence-electron chi connectivity index (χ4n) is 1.91. The van der Waals surface area contributed by atoms with Gasteiger partial charge >= 0.3 is 5.97 Å². The van der Waals surface area contributed by atoms with Crippen LogP contribution in [0.1, 0.15) is 19.8 Å². The second kappa shape index (κ2) is 4.05. The van der Waals surface area contributed by atoms with Crippen molar-refractivity contribution in [2.45, 2.75) is 19.8 Å². The van der Waals surface area contributed by atoms with Crippen molar-refractivity contribution in [3.8, 4) is 0 Å². The number of amides is 1. The molecule has 0 aromatic heterocycles. The first kappa shape index (κ1) is 11.4. The minimum absolute atomic E-state index is 0.0148. The molecule has 16 heavy (non-hydrogen) atoms. The van der Waals surface area contributed by atoms with E-state index in [0.29, 0.717) is 18.8 Å². The zero-order valence-electron chi connectivity index (χ0n) is 9.45. The Balaban J connectivity index is 1.77. The highest BCUT2D eigenvalue weighted by Crippen LogP contribution is 2.45. The van der Waals surface area contributed by atoms with Gasteiger partial charge in [-0.25, -0.2) is 0 Å². The number of carbonyl (C=O) groups is 2. The predicted molar refractivity (Wildman–Crippen MR) is 57.8 cm³/mol. The third-order valence-electron chi connectivity index (χ3n) is 3.84. The number of hydrogen-bond donors (Lipinski definition) is 3. The van der Waals surface area contributed by atoms with Crippen LogP contribution in [-0.4, -0.2) is 36.6 Å². The van der Waals surface area contributed by atoms with Crippen molar-refractivity contribution in [1.29, 1.82) is 0 Å². The average molecular weight is 226 g/mol. The van der Waals surface area contributed by atoms with Gasteiger partial charge in [0.2, 0.25) is 5.91 Å². The molecule has 1 saturated carbocycles. The fraction of sp³-hybridized carbons (Fsp3) is 0.818. The average Bonchev–Trinajstić information content (AvgIpc) is 2.92. The van der Waals surface area contributed by atoms with E-state index in [1.807, 2.05) is 6.92 Å². The van der Waals surface area contributed by atoms with Crippen molar-refractivity contribution in [3.63, 3.8) is 0 Å². The number of rotatable bonds is 5. The lowest BCUT2D eigenvalue weighted by molar-refractivity contribution is -0.143. The molecule has 0 aromatic carbocycles. The van der Waals surface area contributed by atoms with Crippen molar-refractivity contribution >= 4 is 11.9 Å². The van der Waals surface area contributed by atoms with Gasteiger partial charge in [0.25, 0.3) is 0 Å². The highest BCUT2D eigenvalue weighted by molar-refractivity contribution is 5.82. The molecule has 90 valence electrons. The van der Waals surface area contributed by atoms with Crippen molar-refractivity contribution in [2.75, 3.05) is 19.6 Å². The van der Waals surface area contributed by atoms with Gasteiger partial charge < -0.3 is 15.7 Å². The molecule has 1 atom stereocenters. The lowest BCUT2D eigenvalue weighted by atomic mass is 9.88. The molecule has 5 heteroatoms. The van der Waals surface area contributed by atoms with E-state index in [-0.39, 0.29) is 18.4 Å². The third-order valence-corrected chi connectivity index (χ3v) is 3.84.